The van der Waals surface area contributed by atoms with Gasteiger partial charge in [0.15, 0.2) is 0 Å². The second-order valence-corrected chi connectivity index (χ2v) is 5.22. The molecule has 0 spiro atoms. The van der Waals surface area contributed by atoms with E-state index < -0.39 is 0 Å². The van der Waals surface area contributed by atoms with Gasteiger partial charge in [0.1, 0.15) is 5.75 Å². The predicted molar refractivity (Wildman–Crippen MR) is 70.3 cm³/mol. The highest BCUT2D eigenvalue weighted by atomic mass is 16.5. The van der Waals surface area contributed by atoms with Crippen molar-refractivity contribution in [1.29, 1.82) is 0 Å². The molecule has 102 valence electrons. The Hall–Kier alpha value is -2.14. The lowest BCUT2D eigenvalue weighted by atomic mass is 9.85. The molecule has 2 amide bonds. The van der Waals surface area contributed by atoms with Gasteiger partial charge in [-0.05, 0) is 12.1 Å². The molecule has 2 saturated heterocycles. The number of methoxy groups -OCH3 is 1. The molecule has 1 aromatic carbocycles. The van der Waals surface area contributed by atoms with Crippen molar-refractivity contribution in [1.82, 2.24) is 0 Å². The summed E-state index contributed by atoms with van der Waals surface area (Å²) in [5, 5.41) is 0. The van der Waals surface area contributed by atoms with Gasteiger partial charge in [-0.2, -0.15) is 0 Å². The van der Waals surface area contributed by atoms with E-state index in [4.69, 9.17) is 9.47 Å². The van der Waals surface area contributed by atoms with Crippen molar-refractivity contribution in [2.45, 2.75) is 12.2 Å². The maximum atomic E-state index is 12.5. The number of imide groups is 1. The van der Waals surface area contributed by atoms with Crippen LogP contribution in [0, 0.1) is 11.8 Å². The van der Waals surface area contributed by atoms with Gasteiger partial charge in [-0.15, -0.1) is 0 Å². The Morgan fingerprint density at radius 2 is 1.75 bits per heavy atom. The summed E-state index contributed by atoms with van der Waals surface area (Å²) in [4.78, 5) is 26.3. The van der Waals surface area contributed by atoms with Crippen LogP contribution in [0.3, 0.4) is 0 Å². The smallest absolute Gasteiger partial charge is 0.240 e. The molecule has 0 unspecified atom stereocenters. The Kier molecular flexibility index (Phi) is 2.29. The summed E-state index contributed by atoms with van der Waals surface area (Å²) in [5.41, 5.74) is 0.563. The van der Waals surface area contributed by atoms with E-state index in [0.29, 0.717) is 11.4 Å². The zero-order chi connectivity index (χ0) is 13.9. The number of carbonyl (C=O) groups is 2. The van der Waals surface area contributed by atoms with Crippen molar-refractivity contribution < 1.29 is 19.1 Å². The fourth-order valence-electron chi connectivity index (χ4n) is 3.31. The van der Waals surface area contributed by atoms with E-state index in [0.717, 1.165) is 0 Å². The third-order valence-electron chi connectivity index (χ3n) is 4.22. The molecule has 0 saturated carbocycles. The summed E-state index contributed by atoms with van der Waals surface area (Å²) in [7, 11) is 1.56. The predicted octanol–water partition coefficient (Wildman–Crippen LogP) is 1.14. The normalized spacial score (nSPS) is 34.0. The number of hydrogen-bond acceptors (Lipinski definition) is 4. The van der Waals surface area contributed by atoms with Crippen molar-refractivity contribution in [3.63, 3.8) is 0 Å². The Morgan fingerprint density at radius 1 is 1.10 bits per heavy atom. The molecule has 3 aliphatic heterocycles. The van der Waals surface area contributed by atoms with E-state index in [2.05, 4.69) is 0 Å². The van der Waals surface area contributed by atoms with Crippen molar-refractivity contribution in [3.8, 4) is 5.75 Å². The highest BCUT2D eigenvalue weighted by Crippen LogP contribution is 2.46. The zero-order valence-electron chi connectivity index (χ0n) is 10.9. The van der Waals surface area contributed by atoms with Gasteiger partial charge in [0.2, 0.25) is 11.8 Å². The number of nitrogens with zero attached hydrogens (tertiary/aromatic N) is 1. The average Bonchev–Trinajstić information content (AvgIpc) is 3.13. The minimum atomic E-state index is -0.372. The molecule has 20 heavy (non-hydrogen) atoms. The third kappa shape index (κ3) is 1.35. The number of ether oxygens (including phenoxy) is 2. The number of hydrogen-bond donors (Lipinski definition) is 0. The molecule has 2 fully saturated rings. The van der Waals surface area contributed by atoms with Crippen molar-refractivity contribution in [3.05, 3.63) is 36.4 Å². The van der Waals surface area contributed by atoms with Crippen molar-refractivity contribution >= 4 is 17.5 Å². The first-order valence-corrected chi connectivity index (χ1v) is 6.56. The van der Waals surface area contributed by atoms with E-state index in [-0.39, 0.29) is 35.9 Å². The van der Waals surface area contributed by atoms with Crippen LogP contribution in [0.15, 0.2) is 36.4 Å². The second kappa shape index (κ2) is 3.93. The van der Waals surface area contributed by atoms with Gasteiger partial charge in [-0.25, -0.2) is 4.90 Å². The first kappa shape index (κ1) is 11.7. The van der Waals surface area contributed by atoms with E-state index in [9.17, 15) is 9.59 Å². The van der Waals surface area contributed by atoms with Gasteiger partial charge in [-0.1, -0.05) is 18.2 Å². The molecule has 5 nitrogen and oxygen atoms in total. The molecule has 2 bridgehead atoms. The molecular formula is C15H13NO4. The van der Waals surface area contributed by atoms with Gasteiger partial charge < -0.3 is 9.47 Å². The molecule has 0 N–H and O–H groups in total. The number of amides is 2. The van der Waals surface area contributed by atoms with Crippen LogP contribution >= 0.6 is 0 Å². The van der Waals surface area contributed by atoms with Crippen LogP contribution in [-0.4, -0.2) is 31.1 Å². The van der Waals surface area contributed by atoms with Crippen molar-refractivity contribution in [2.75, 3.05) is 12.0 Å². The van der Waals surface area contributed by atoms with Gasteiger partial charge >= 0.3 is 0 Å². The maximum Gasteiger partial charge on any atom is 0.240 e. The third-order valence-corrected chi connectivity index (χ3v) is 4.22. The molecule has 3 aliphatic rings. The van der Waals surface area contributed by atoms with Crippen LogP contribution in [0.25, 0.3) is 0 Å². The van der Waals surface area contributed by atoms with Crippen LogP contribution in [-0.2, 0) is 14.3 Å². The second-order valence-electron chi connectivity index (χ2n) is 5.22. The average molecular weight is 271 g/mol. The van der Waals surface area contributed by atoms with Gasteiger partial charge in [0.05, 0.1) is 36.8 Å². The Morgan fingerprint density at radius 3 is 2.35 bits per heavy atom. The lowest BCUT2D eigenvalue weighted by Gasteiger charge is -2.18. The molecule has 5 heteroatoms. The lowest BCUT2D eigenvalue weighted by Crippen LogP contribution is -2.34. The minimum absolute atomic E-state index is 0.176. The quantitative estimate of drug-likeness (QED) is 0.598. The minimum Gasteiger partial charge on any atom is -0.497 e. The van der Waals surface area contributed by atoms with E-state index >= 15 is 0 Å². The molecule has 4 atom stereocenters. The summed E-state index contributed by atoms with van der Waals surface area (Å²) in [5.74, 6) is -0.472. The highest BCUT2D eigenvalue weighted by Gasteiger charge is 2.60. The summed E-state index contributed by atoms with van der Waals surface area (Å²) in [6.45, 7) is 0. The van der Waals surface area contributed by atoms with E-state index in [1.165, 1.54) is 4.90 Å². The SMILES string of the molecule is COc1cccc(N2C(=O)[C@@H]3[C@@H](C2=O)[C@@H]2C=C[C@@H]3O2)c1. The van der Waals surface area contributed by atoms with Crippen LogP contribution < -0.4 is 9.64 Å². The van der Waals surface area contributed by atoms with E-state index in [1.807, 2.05) is 12.2 Å². The molecule has 1 aromatic rings. The Bertz CT molecular complexity index is 609. The number of anilines is 1. The molecule has 0 radical (unpaired) electrons. The summed E-state index contributed by atoms with van der Waals surface area (Å²) in [6.07, 6.45) is 3.26. The molecule has 3 heterocycles. The number of carbonyl (C=O) groups excluding carboxylic acids is 2. The fraction of sp³-hybridized carbons (Fsp3) is 0.333. The zero-order valence-corrected chi connectivity index (χ0v) is 10.9. The summed E-state index contributed by atoms with van der Waals surface area (Å²) < 4.78 is 10.8. The van der Waals surface area contributed by atoms with Gasteiger partial charge in [0.25, 0.3) is 0 Å². The summed E-state index contributed by atoms with van der Waals surface area (Å²) in [6, 6.07) is 7.00. The first-order valence-electron chi connectivity index (χ1n) is 6.56. The Labute approximate surface area is 115 Å². The van der Waals surface area contributed by atoms with Crippen LogP contribution in [0.2, 0.25) is 0 Å². The molecular weight excluding hydrogens is 258 g/mol. The van der Waals surface area contributed by atoms with Crippen LogP contribution in [0.1, 0.15) is 0 Å². The van der Waals surface area contributed by atoms with Crippen molar-refractivity contribution in [2.24, 2.45) is 11.8 Å². The van der Waals surface area contributed by atoms with E-state index in [1.54, 1.807) is 31.4 Å². The fourth-order valence-corrected chi connectivity index (χ4v) is 3.31. The monoisotopic (exact) mass is 271 g/mol. The highest BCUT2D eigenvalue weighted by molar-refractivity contribution is 6.23. The number of benzene rings is 1. The molecule has 4 rings (SSSR count). The standard InChI is InChI=1S/C15H13NO4/c1-19-9-4-2-3-8(7-9)16-14(17)12-10-5-6-11(20-10)13(12)15(16)18/h2-7,10-13H,1H3/t10-,11-,12-,13-/m0/s1. The topological polar surface area (TPSA) is 55.8 Å². The molecule has 0 aromatic heterocycles. The maximum absolute atomic E-state index is 12.5. The van der Waals surface area contributed by atoms with Gasteiger partial charge in [-0.3, -0.25) is 9.59 Å². The summed E-state index contributed by atoms with van der Waals surface area (Å²) >= 11 is 0. The first-order chi connectivity index (χ1) is 9.70. The largest absolute Gasteiger partial charge is 0.497 e. The van der Waals surface area contributed by atoms with Crippen LogP contribution in [0.5, 0.6) is 5.75 Å². The van der Waals surface area contributed by atoms with Gasteiger partial charge in [0, 0.05) is 6.07 Å². The number of rotatable bonds is 2. The van der Waals surface area contributed by atoms with Crippen LogP contribution in [0.4, 0.5) is 5.69 Å². The molecule has 0 aliphatic carbocycles. The Balaban J connectivity index is 1.74. The number of fused-ring (bicyclic) bond motifs is 5. The lowest BCUT2D eigenvalue weighted by molar-refractivity contribution is -0.124.